The lowest BCUT2D eigenvalue weighted by Crippen LogP contribution is -2.38. The number of ether oxygens (including phenoxy) is 1. The van der Waals surface area contributed by atoms with E-state index < -0.39 is 23.2 Å². The number of esters is 1. The highest BCUT2D eigenvalue weighted by molar-refractivity contribution is 9.10. The molecule has 0 spiro atoms. The molecule has 0 unspecified atom stereocenters. The smallest absolute Gasteiger partial charge is 0.313 e. The summed E-state index contributed by atoms with van der Waals surface area (Å²) in [5, 5.41) is 9.85. The van der Waals surface area contributed by atoms with Crippen LogP contribution in [0.15, 0.2) is 16.6 Å². The van der Waals surface area contributed by atoms with E-state index in [4.69, 9.17) is 5.73 Å². The Labute approximate surface area is 113 Å². The van der Waals surface area contributed by atoms with Crippen molar-refractivity contribution in [3.63, 3.8) is 0 Å². The third-order valence-electron chi connectivity index (χ3n) is 2.91. The lowest BCUT2D eigenvalue weighted by Gasteiger charge is -2.29. The van der Waals surface area contributed by atoms with Gasteiger partial charge in [-0.05, 0) is 41.9 Å². The second kappa shape index (κ2) is 5.24. The molecule has 0 aliphatic heterocycles. The Kier molecular flexibility index (Phi) is 4.34. The zero-order valence-corrected chi connectivity index (χ0v) is 11.9. The predicted molar refractivity (Wildman–Crippen MR) is 68.5 cm³/mol. The molecule has 18 heavy (non-hydrogen) atoms. The first kappa shape index (κ1) is 14.9. The van der Waals surface area contributed by atoms with Crippen LogP contribution in [0, 0.1) is 11.2 Å². The van der Waals surface area contributed by atoms with E-state index in [-0.39, 0.29) is 11.3 Å². The van der Waals surface area contributed by atoms with Crippen LogP contribution in [0.1, 0.15) is 25.5 Å². The number of nitrogens with two attached hydrogens (primary N) is 1. The maximum Gasteiger partial charge on any atom is 0.313 e. The number of phenols is 1. The fraction of sp³-hybridized carbons (Fsp3) is 0.417. The molecule has 1 aromatic rings. The first-order chi connectivity index (χ1) is 8.23. The van der Waals surface area contributed by atoms with Crippen molar-refractivity contribution < 1.29 is 19.0 Å². The molecule has 1 rings (SSSR count). The highest BCUT2D eigenvalue weighted by Crippen LogP contribution is 2.40. The van der Waals surface area contributed by atoms with Crippen LogP contribution in [-0.4, -0.2) is 18.2 Å². The van der Waals surface area contributed by atoms with Gasteiger partial charge in [0.1, 0.15) is 11.6 Å². The molecule has 0 radical (unpaired) electrons. The molecule has 0 aliphatic rings. The third kappa shape index (κ3) is 2.49. The first-order valence-corrected chi connectivity index (χ1v) is 6.03. The molecular formula is C12H15BrFNO3. The number of phenolic OH excluding ortho intramolecular Hbond substituents is 1. The molecule has 0 saturated carbocycles. The van der Waals surface area contributed by atoms with Crippen molar-refractivity contribution in [3.05, 3.63) is 28.0 Å². The first-order valence-electron chi connectivity index (χ1n) is 5.24. The molecule has 1 aromatic carbocycles. The Morgan fingerprint density at radius 1 is 1.56 bits per heavy atom. The van der Waals surface area contributed by atoms with Gasteiger partial charge < -0.3 is 15.6 Å². The fourth-order valence-electron chi connectivity index (χ4n) is 1.60. The average Bonchev–Trinajstić information content (AvgIpc) is 2.33. The van der Waals surface area contributed by atoms with Gasteiger partial charge in [-0.25, -0.2) is 4.39 Å². The van der Waals surface area contributed by atoms with Gasteiger partial charge in [-0.1, -0.05) is 0 Å². The quantitative estimate of drug-likeness (QED) is 0.839. The zero-order chi connectivity index (χ0) is 14.1. The molecule has 100 valence electrons. The van der Waals surface area contributed by atoms with Crippen molar-refractivity contribution in [2.24, 2.45) is 11.1 Å². The van der Waals surface area contributed by atoms with Gasteiger partial charge in [0.2, 0.25) is 0 Å². The minimum atomic E-state index is -1.16. The number of methoxy groups -OCH3 is 1. The van der Waals surface area contributed by atoms with Crippen LogP contribution in [0.3, 0.4) is 0 Å². The van der Waals surface area contributed by atoms with Gasteiger partial charge in [0.15, 0.2) is 0 Å². The molecule has 0 fully saturated rings. The van der Waals surface area contributed by atoms with E-state index in [1.807, 2.05) is 0 Å². The Morgan fingerprint density at radius 3 is 2.61 bits per heavy atom. The van der Waals surface area contributed by atoms with Crippen molar-refractivity contribution in [1.29, 1.82) is 0 Å². The van der Waals surface area contributed by atoms with Gasteiger partial charge >= 0.3 is 5.97 Å². The minimum Gasteiger partial charge on any atom is -0.506 e. The van der Waals surface area contributed by atoms with Crippen molar-refractivity contribution in [1.82, 2.24) is 0 Å². The van der Waals surface area contributed by atoms with Gasteiger partial charge in [-0.15, -0.1) is 0 Å². The largest absolute Gasteiger partial charge is 0.506 e. The van der Waals surface area contributed by atoms with Crippen molar-refractivity contribution in [2.45, 2.75) is 19.9 Å². The van der Waals surface area contributed by atoms with Gasteiger partial charge in [0, 0.05) is 5.56 Å². The van der Waals surface area contributed by atoms with Crippen LogP contribution in [0.25, 0.3) is 0 Å². The van der Waals surface area contributed by atoms with Crippen LogP contribution in [0.2, 0.25) is 0 Å². The normalized spacial score (nSPS) is 13.2. The Bertz CT molecular complexity index is 477. The number of benzene rings is 1. The molecule has 0 aliphatic carbocycles. The van der Waals surface area contributed by atoms with Crippen LogP contribution in [-0.2, 0) is 9.53 Å². The van der Waals surface area contributed by atoms with Gasteiger partial charge in [0.25, 0.3) is 0 Å². The summed E-state index contributed by atoms with van der Waals surface area (Å²) in [5.41, 5.74) is 4.63. The number of halogens is 2. The van der Waals surface area contributed by atoms with Gasteiger partial charge in [-0.3, -0.25) is 4.79 Å². The number of hydrogen-bond acceptors (Lipinski definition) is 4. The summed E-state index contributed by atoms with van der Waals surface area (Å²) < 4.78 is 18.7. The summed E-state index contributed by atoms with van der Waals surface area (Å²) in [7, 11) is 1.23. The average molecular weight is 320 g/mol. The van der Waals surface area contributed by atoms with Crippen LogP contribution >= 0.6 is 15.9 Å². The standard InChI is InChI=1S/C12H15BrFNO3/c1-12(2,11(17)18-3)10(15)8-7(14)5-4-6(13)9(8)16/h4-5,10,16H,15H2,1-3H3/t10-/m1/s1. The second-order valence-corrected chi connectivity index (χ2v) is 5.34. The SMILES string of the molecule is COC(=O)C(C)(C)[C@H](N)c1c(F)ccc(Br)c1O. The monoisotopic (exact) mass is 319 g/mol. The number of carbonyl (C=O) groups excluding carboxylic acids is 1. The van der Waals surface area contributed by atoms with Gasteiger partial charge in [-0.2, -0.15) is 0 Å². The molecule has 0 heterocycles. The van der Waals surface area contributed by atoms with E-state index in [2.05, 4.69) is 20.7 Å². The topological polar surface area (TPSA) is 72.5 Å². The van der Waals surface area contributed by atoms with E-state index in [9.17, 15) is 14.3 Å². The summed E-state index contributed by atoms with van der Waals surface area (Å²) in [6.45, 7) is 3.06. The van der Waals surface area contributed by atoms with Crippen LogP contribution in [0.4, 0.5) is 4.39 Å². The Hall–Kier alpha value is -1.14. The highest BCUT2D eigenvalue weighted by Gasteiger charge is 2.39. The third-order valence-corrected chi connectivity index (χ3v) is 3.55. The minimum absolute atomic E-state index is 0.111. The molecule has 0 amide bonds. The summed E-state index contributed by atoms with van der Waals surface area (Å²) in [6.07, 6.45) is 0. The molecular weight excluding hydrogens is 305 g/mol. The molecule has 4 nitrogen and oxygen atoms in total. The molecule has 6 heteroatoms. The molecule has 0 bridgehead atoms. The highest BCUT2D eigenvalue weighted by atomic mass is 79.9. The summed E-state index contributed by atoms with van der Waals surface area (Å²) in [4.78, 5) is 11.6. The second-order valence-electron chi connectivity index (χ2n) is 4.48. The maximum atomic E-state index is 13.8. The Morgan fingerprint density at radius 2 is 2.11 bits per heavy atom. The van der Waals surface area contributed by atoms with Crippen LogP contribution in [0.5, 0.6) is 5.75 Å². The molecule has 1 atom stereocenters. The van der Waals surface area contributed by atoms with Crippen molar-refractivity contribution in [2.75, 3.05) is 7.11 Å². The maximum absolute atomic E-state index is 13.8. The summed E-state index contributed by atoms with van der Waals surface area (Å²) in [6, 6.07) is 1.51. The summed E-state index contributed by atoms with van der Waals surface area (Å²) in [5.74, 6) is -1.55. The molecule has 0 aromatic heterocycles. The van der Waals surface area contributed by atoms with E-state index in [1.165, 1.54) is 33.1 Å². The van der Waals surface area contributed by atoms with E-state index in [0.717, 1.165) is 0 Å². The lowest BCUT2D eigenvalue weighted by atomic mass is 9.80. The predicted octanol–water partition coefficient (Wildman–Crippen LogP) is 2.49. The van der Waals surface area contributed by atoms with E-state index >= 15 is 0 Å². The fourth-order valence-corrected chi connectivity index (χ4v) is 1.95. The lowest BCUT2D eigenvalue weighted by molar-refractivity contribution is -0.152. The van der Waals surface area contributed by atoms with Gasteiger partial charge in [0.05, 0.1) is 23.0 Å². The zero-order valence-electron chi connectivity index (χ0n) is 10.3. The van der Waals surface area contributed by atoms with Crippen molar-refractivity contribution in [3.8, 4) is 5.75 Å². The Balaban J connectivity index is 3.31. The number of carbonyl (C=O) groups is 1. The van der Waals surface area contributed by atoms with E-state index in [1.54, 1.807) is 0 Å². The number of rotatable bonds is 3. The van der Waals surface area contributed by atoms with Crippen LogP contribution < -0.4 is 5.73 Å². The number of aromatic hydroxyl groups is 1. The number of hydrogen-bond donors (Lipinski definition) is 2. The summed E-state index contributed by atoms with van der Waals surface area (Å²) >= 11 is 3.08. The van der Waals surface area contributed by atoms with E-state index in [0.29, 0.717) is 4.47 Å². The molecule has 0 saturated heterocycles. The van der Waals surface area contributed by atoms with Crippen molar-refractivity contribution >= 4 is 21.9 Å². The molecule has 3 N–H and O–H groups in total.